The summed E-state index contributed by atoms with van der Waals surface area (Å²) in [7, 11) is 0. The molecule has 2 aliphatic heterocycles. The molecule has 0 aromatic carbocycles. The first-order valence-electron chi connectivity index (χ1n) is 3.65. The smallest absolute Gasteiger partial charge is 0.0981 e. The van der Waals surface area contributed by atoms with E-state index >= 15 is 0 Å². The molecular formula is C7H12N2. The van der Waals surface area contributed by atoms with Crippen LogP contribution in [0.4, 0.5) is 0 Å². The van der Waals surface area contributed by atoms with Gasteiger partial charge in [0.05, 0.1) is 6.17 Å². The van der Waals surface area contributed by atoms with Gasteiger partial charge in [-0.15, -0.1) is 0 Å². The first-order chi connectivity index (χ1) is 4.47. The molecule has 1 fully saturated rings. The Morgan fingerprint density at radius 3 is 3.33 bits per heavy atom. The van der Waals surface area contributed by atoms with E-state index in [1.54, 1.807) is 0 Å². The van der Waals surface area contributed by atoms with Gasteiger partial charge in [0.1, 0.15) is 0 Å². The highest BCUT2D eigenvalue weighted by Crippen LogP contribution is 2.17. The summed E-state index contributed by atoms with van der Waals surface area (Å²) in [5, 5.41) is 3.30. The second kappa shape index (κ2) is 1.94. The summed E-state index contributed by atoms with van der Waals surface area (Å²) in [6.07, 6.45) is 8.91. The van der Waals surface area contributed by atoms with Crippen LogP contribution >= 0.6 is 0 Å². The SMILES string of the molecule is C1=CN2CCCCC2N1. The number of nitrogens with zero attached hydrogens (tertiary/aromatic N) is 1. The fourth-order valence-corrected chi connectivity index (χ4v) is 1.56. The van der Waals surface area contributed by atoms with Gasteiger partial charge in [0.15, 0.2) is 0 Å². The van der Waals surface area contributed by atoms with E-state index in [0.717, 1.165) is 0 Å². The van der Waals surface area contributed by atoms with Gasteiger partial charge in [0, 0.05) is 18.9 Å². The standard InChI is InChI=1S/C7H12N2/c1-2-5-9-6-4-8-7(9)3-1/h4,6-8H,1-3,5H2. The number of rotatable bonds is 0. The molecule has 2 rings (SSSR count). The molecule has 50 valence electrons. The van der Waals surface area contributed by atoms with Crippen LogP contribution in [0.1, 0.15) is 19.3 Å². The van der Waals surface area contributed by atoms with Gasteiger partial charge in [-0.2, -0.15) is 0 Å². The zero-order chi connectivity index (χ0) is 6.10. The van der Waals surface area contributed by atoms with Crippen molar-refractivity contribution < 1.29 is 0 Å². The van der Waals surface area contributed by atoms with Crippen molar-refractivity contribution in [2.45, 2.75) is 25.4 Å². The van der Waals surface area contributed by atoms with Crippen LogP contribution < -0.4 is 5.32 Å². The third-order valence-corrected chi connectivity index (χ3v) is 2.10. The molecule has 1 N–H and O–H groups in total. The van der Waals surface area contributed by atoms with E-state index in [1.165, 1.54) is 25.8 Å². The maximum Gasteiger partial charge on any atom is 0.0981 e. The molecule has 0 aromatic rings. The Morgan fingerprint density at radius 1 is 1.44 bits per heavy atom. The van der Waals surface area contributed by atoms with Crippen LogP contribution in [0.3, 0.4) is 0 Å². The van der Waals surface area contributed by atoms with Crippen molar-refractivity contribution in [1.82, 2.24) is 10.2 Å². The molecule has 1 atom stereocenters. The van der Waals surface area contributed by atoms with Crippen LogP contribution in [0.15, 0.2) is 12.4 Å². The molecule has 2 nitrogen and oxygen atoms in total. The van der Waals surface area contributed by atoms with Gasteiger partial charge < -0.3 is 10.2 Å². The maximum absolute atomic E-state index is 3.30. The van der Waals surface area contributed by atoms with E-state index in [2.05, 4.69) is 22.6 Å². The van der Waals surface area contributed by atoms with E-state index in [9.17, 15) is 0 Å². The second-order valence-electron chi connectivity index (χ2n) is 2.73. The Morgan fingerprint density at radius 2 is 2.44 bits per heavy atom. The van der Waals surface area contributed by atoms with E-state index in [0.29, 0.717) is 6.17 Å². The summed E-state index contributed by atoms with van der Waals surface area (Å²) in [6, 6.07) is 0. The molecule has 2 heterocycles. The Hall–Kier alpha value is -0.660. The van der Waals surface area contributed by atoms with Gasteiger partial charge in [-0.3, -0.25) is 0 Å². The zero-order valence-electron chi connectivity index (χ0n) is 5.51. The van der Waals surface area contributed by atoms with Crippen LogP contribution in [0.2, 0.25) is 0 Å². The number of hydrogen-bond donors (Lipinski definition) is 1. The summed E-state index contributed by atoms with van der Waals surface area (Å²) < 4.78 is 0. The molecule has 0 radical (unpaired) electrons. The van der Waals surface area contributed by atoms with E-state index in [1.807, 2.05) is 0 Å². The molecule has 1 unspecified atom stereocenters. The zero-order valence-corrected chi connectivity index (χ0v) is 5.51. The third kappa shape index (κ3) is 0.784. The minimum Gasteiger partial charge on any atom is -0.370 e. The van der Waals surface area contributed by atoms with Crippen molar-refractivity contribution in [3.05, 3.63) is 12.4 Å². The van der Waals surface area contributed by atoms with E-state index < -0.39 is 0 Å². The molecule has 0 saturated carbocycles. The summed E-state index contributed by atoms with van der Waals surface area (Å²) in [6.45, 7) is 1.24. The molecule has 1 saturated heterocycles. The second-order valence-corrected chi connectivity index (χ2v) is 2.73. The van der Waals surface area contributed by atoms with E-state index in [-0.39, 0.29) is 0 Å². The Balaban J connectivity index is 2.03. The van der Waals surface area contributed by atoms with Crippen molar-refractivity contribution in [2.75, 3.05) is 6.54 Å². The van der Waals surface area contributed by atoms with Crippen LogP contribution in [0.5, 0.6) is 0 Å². The minimum absolute atomic E-state index is 0.638. The van der Waals surface area contributed by atoms with Crippen molar-refractivity contribution in [3.63, 3.8) is 0 Å². The lowest BCUT2D eigenvalue weighted by Gasteiger charge is -2.29. The van der Waals surface area contributed by atoms with Gasteiger partial charge >= 0.3 is 0 Å². The van der Waals surface area contributed by atoms with Crippen LogP contribution in [0, 0.1) is 0 Å². The predicted molar refractivity (Wildman–Crippen MR) is 36.6 cm³/mol. The van der Waals surface area contributed by atoms with Crippen molar-refractivity contribution in [1.29, 1.82) is 0 Å². The number of piperidine rings is 1. The Bertz CT molecular complexity index is 131. The van der Waals surface area contributed by atoms with Gasteiger partial charge in [-0.1, -0.05) is 0 Å². The summed E-state index contributed by atoms with van der Waals surface area (Å²) in [5.41, 5.74) is 0. The van der Waals surface area contributed by atoms with Gasteiger partial charge in [-0.25, -0.2) is 0 Å². The van der Waals surface area contributed by atoms with Gasteiger partial charge in [0.2, 0.25) is 0 Å². The Labute approximate surface area is 55.5 Å². The molecule has 2 aliphatic rings. The normalized spacial score (nSPS) is 32.0. The van der Waals surface area contributed by atoms with Crippen molar-refractivity contribution >= 4 is 0 Å². The van der Waals surface area contributed by atoms with Crippen LogP contribution in [0.25, 0.3) is 0 Å². The lowest BCUT2D eigenvalue weighted by molar-refractivity contribution is 0.216. The highest BCUT2D eigenvalue weighted by Gasteiger charge is 2.20. The average Bonchev–Trinajstić information content (AvgIpc) is 2.33. The van der Waals surface area contributed by atoms with Gasteiger partial charge in [-0.05, 0) is 19.3 Å². The highest BCUT2D eigenvalue weighted by atomic mass is 15.3. The first kappa shape index (κ1) is 5.15. The molecule has 0 amide bonds. The summed E-state index contributed by atoms with van der Waals surface area (Å²) in [4.78, 5) is 2.38. The fourth-order valence-electron chi connectivity index (χ4n) is 1.56. The summed E-state index contributed by atoms with van der Waals surface area (Å²) in [5.74, 6) is 0. The number of fused-ring (bicyclic) bond motifs is 1. The van der Waals surface area contributed by atoms with Crippen molar-refractivity contribution in [3.8, 4) is 0 Å². The molecule has 2 heteroatoms. The van der Waals surface area contributed by atoms with Crippen LogP contribution in [-0.2, 0) is 0 Å². The summed E-state index contributed by atoms with van der Waals surface area (Å²) >= 11 is 0. The van der Waals surface area contributed by atoms with Crippen molar-refractivity contribution in [2.24, 2.45) is 0 Å². The lowest BCUT2D eigenvalue weighted by Crippen LogP contribution is -2.38. The van der Waals surface area contributed by atoms with Crippen LogP contribution in [-0.4, -0.2) is 17.6 Å². The molecular weight excluding hydrogens is 112 g/mol. The topological polar surface area (TPSA) is 15.3 Å². The maximum atomic E-state index is 3.30. The predicted octanol–water partition coefficient (Wildman–Crippen LogP) is 0.873. The number of nitrogens with one attached hydrogen (secondary N) is 1. The highest BCUT2D eigenvalue weighted by molar-refractivity contribution is 4.95. The lowest BCUT2D eigenvalue weighted by atomic mass is 10.1. The third-order valence-electron chi connectivity index (χ3n) is 2.10. The molecule has 9 heavy (non-hydrogen) atoms. The monoisotopic (exact) mass is 124 g/mol. The largest absolute Gasteiger partial charge is 0.370 e. The average molecular weight is 124 g/mol. The molecule has 0 bridgehead atoms. The van der Waals surface area contributed by atoms with Gasteiger partial charge in [0.25, 0.3) is 0 Å². The van der Waals surface area contributed by atoms with E-state index in [4.69, 9.17) is 0 Å². The number of hydrogen-bond acceptors (Lipinski definition) is 2. The quantitative estimate of drug-likeness (QED) is 0.515. The first-order valence-corrected chi connectivity index (χ1v) is 3.65. The minimum atomic E-state index is 0.638. The fraction of sp³-hybridized carbons (Fsp3) is 0.714. The molecule has 0 aliphatic carbocycles. The molecule has 0 spiro atoms. The molecule has 0 aromatic heterocycles. The Kier molecular flexibility index (Phi) is 1.11.